The molecular weight excluding hydrogens is 461 g/mol. The van der Waals surface area contributed by atoms with Gasteiger partial charge in [0.2, 0.25) is 0 Å². The lowest BCUT2D eigenvalue weighted by Gasteiger charge is -2.34. The van der Waals surface area contributed by atoms with Crippen LogP contribution in [0.4, 0.5) is 13.2 Å². The van der Waals surface area contributed by atoms with Crippen molar-refractivity contribution in [2.45, 2.75) is 70.5 Å². The Bertz CT molecular complexity index is 868. The summed E-state index contributed by atoms with van der Waals surface area (Å²) in [6.07, 6.45) is 5.93. The van der Waals surface area contributed by atoms with Crippen LogP contribution in [0.5, 0.6) is 0 Å². The number of rotatable bonds is 10. The van der Waals surface area contributed by atoms with Gasteiger partial charge in [0, 0.05) is 37.7 Å². The molecule has 6 N–H and O–H groups in total. The standard InChI is InChI=1S/C24H37F3N6O2/c1-2-16-9-11-33(15-16)20-14-18(30-23(34)21(20)22(31-28)32-29)8-7-17-5-3-6-19(13-17)35-12-4-10-24(25,26)27/h3,6,13,16-18H,2,4-5,7-12,14-15,28-29H2,1H3,(H,30,34)(H,31,32). The molecule has 1 saturated heterocycles. The van der Waals surface area contributed by atoms with E-state index in [1.165, 1.54) is 0 Å². The molecule has 0 saturated carbocycles. The molecule has 0 aromatic carbocycles. The molecule has 3 atom stereocenters. The van der Waals surface area contributed by atoms with Gasteiger partial charge in [-0.05, 0) is 56.1 Å². The van der Waals surface area contributed by atoms with Crippen LogP contribution in [0.3, 0.4) is 0 Å². The number of nitrogens with one attached hydrogen (secondary N) is 2. The summed E-state index contributed by atoms with van der Waals surface area (Å²) in [6, 6.07) is -0.0471. The highest BCUT2D eigenvalue weighted by atomic mass is 19.4. The number of alkyl halides is 3. The molecule has 1 aliphatic carbocycles. The quantitative estimate of drug-likeness (QED) is 0.121. The second kappa shape index (κ2) is 12.3. The van der Waals surface area contributed by atoms with Crippen molar-refractivity contribution >= 4 is 11.7 Å². The number of ether oxygens (including phenoxy) is 1. The zero-order chi connectivity index (χ0) is 25.4. The van der Waals surface area contributed by atoms with Crippen LogP contribution in [0.2, 0.25) is 0 Å². The Morgan fingerprint density at radius 1 is 1.37 bits per heavy atom. The van der Waals surface area contributed by atoms with E-state index in [0.29, 0.717) is 23.7 Å². The zero-order valence-corrected chi connectivity index (χ0v) is 20.2. The monoisotopic (exact) mass is 498 g/mol. The molecule has 1 fully saturated rings. The number of likely N-dealkylation sites (tertiary alicyclic amines) is 1. The van der Waals surface area contributed by atoms with Gasteiger partial charge in [0.25, 0.3) is 5.91 Å². The lowest BCUT2D eigenvalue weighted by molar-refractivity contribution is -0.137. The fraction of sp³-hybridized carbons (Fsp3) is 0.667. The lowest BCUT2D eigenvalue weighted by Crippen LogP contribution is -2.49. The molecule has 0 bridgehead atoms. The Hall–Kier alpha value is -2.69. The molecule has 11 heteroatoms. The number of amidine groups is 1. The molecule has 3 aliphatic rings. The number of carbonyl (C=O) groups is 1. The van der Waals surface area contributed by atoms with Gasteiger partial charge in [0.15, 0.2) is 5.84 Å². The second-order valence-electron chi connectivity index (χ2n) is 9.44. The summed E-state index contributed by atoms with van der Waals surface area (Å²) >= 11 is 0. The molecule has 2 aliphatic heterocycles. The first-order valence-electron chi connectivity index (χ1n) is 12.4. The van der Waals surface area contributed by atoms with Crippen LogP contribution >= 0.6 is 0 Å². The van der Waals surface area contributed by atoms with E-state index < -0.39 is 12.6 Å². The van der Waals surface area contributed by atoms with E-state index in [2.05, 4.69) is 27.7 Å². The third-order valence-corrected chi connectivity index (χ3v) is 6.92. The van der Waals surface area contributed by atoms with Gasteiger partial charge in [0.1, 0.15) is 11.3 Å². The Balaban J connectivity index is 1.60. The van der Waals surface area contributed by atoms with E-state index in [1.54, 1.807) is 0 Å². The van der Waals surface area contributed by atoms with Crippen molar-refractivity contribution in [2.24, 2.45) is 28.6 Å². The van der Waals surface area contributed by atoms with E-state index in [0.717, 1.165) is 50.9 Å². The Labute approximate surface area is 204 Å². The highest BCUT2D eigenvalue weighted by molar-refractivity contribution is 6.21. The minimum atomic E-state index is -4.16. The van der Waals surface area contributed by atoms with Crippen molar-refractivity contribution in [2.75, 3.05) is 19.7 Å². The molecule has 3 rings (SSSR count). The summed E-state index contributed by atoms with van der Waals surface area (Å²) in [7, 11) is 0. The van der Waals surface area contributed by atoms with Crippen LogP contribution in [0.25, 0.3) is 0 Å². The lowest BCUT2D eigenvalue weighted by atomic mass is 9.89. The predicted octanol–water partition coefficient (Wildman–Crippen LogP) is 3.20. The maximum Gasteiger partial charge on any atom is 0.389 e. The van der Waals surface area contributed by atoms with Gasteiger partial charge in [0.05, 0.1) is 6.61 Å². The third-order valence-electron chi connectivity index (χ3n) is 6.92. The second-order valence-corrected chi connectivity index (χ2v) is 9.44. The van der Waals surface area contributed by atoms with Crippen LogP contribution in [0.1, 0.15) is 58.3 Å². The normalized spacial score (nSPS) is 25.6. The van der Waals surface area contributed by atoms with Gasteiger partial charge >= 0.3 is 6.18 Å². The summed E-state index contributed by atoms with van der Waals surface area (Å²) in [5, 5.41) is 6.75. The van der Waals surface area contributed by atoms with Crippen molar-refractivity contribution in [3.05, 3.63) is 35.3 Å². The SMILES string of the molecule is CCC1CCN(C2=C(/C(=N/N)NN)C(=O)NC(CCC3C=C(OCCCC(F)(F)F)C=CC3)C2)C1. The largest absolute Gasteiger partial charge is 0.494 e. The first-order valence-corrected chi connectivity index (χ1v) is 12.4. The molecule has 0 radical (unpaired) electrons. The van der Waals surface area contributed by atoms with E-state index in [4.69, 9.17) is 16.4 Å². The van der Waals surface area contributed by atoms with Crippen LogP contribution in [-0.4, -0.2) is 48.6 Å². The topological polar surface area (TPSA) is 118 Å². The van der Waals surface area contributed by atoms with Crippen molar-refractivity contribution < 1.29 is 22.7 Å². The van der Waals surface area contributed by atoms with Crippen molar-refractivity contribution in [3.63, 3.8) is 0 Å². The van der Waals surface area contributed by atoms with Crippen molar-refractivity contribution in [1.82, 2.24) is 15.6 Å². The van der Waals surface area contributed by atoms with Crippen molar-refractivity contribution in [1.29, 1.82) is 0 Å². The number of nitrogens with two attached hydrogens (primary N) is 2. The minimum Gasteiger partial charge on any atom is -0.494 e. The number of amides is 1. The van der Waals surface area contributed by atoms with E-state index in [9.17, 15) is 18.0 Å². The van der Waals surface area contributed by atoms with Crippen LogP contribution < -0.4 is 22.4 Å². The van der Waals surface area contributed by atoms with Crippen LogP contribution in [0.15, 0.2) is 40.4 Å². The van der Waals surface area contributed by atoms with Gasteiger partial charge in [-0.25, -0.2) is 5.84 Å². The molecule has 0 aromatic heterocycles. The maximum atomic E-state index is 13.1. The molecule has 0 aromatic rings. The number of hydrogen-bond donors (Lipinski definition) is 4. The predicted molar refractivity (Wildman–Crippen MR) is 128 cm³/mol. The molecular formula is C24H37F3N6O2. The molecule has 35 heavy (non-hydrogen) atoms. The van der Waals surface area contributed by atoms with Crippen LogP contribution in [-0.2, 0) is 9.53 Å². The number of allylic oxidation sites excluding steroid dienone is 3. The highest BCUT2D eigenvalue weighted by Gasteiger charge is 2.35. The Morgan fingerprint density at radius 2 is 2.17 bits per heavy atom. The minimum absolute atomic E-state index is 0.0345. The molecule has 1 amide bonds. The summed E-state index contributed by atoms with van der Waals surface area (Å²) in [4.78, 5) is 15.3. The average molecular weight is 499 g/mol. The Kier molecular flexibility index (Phi) is 9.47. The Morgan fingerprint density at radius 3 is 2.83 bits per heavy atom. The maximum absolute atomic E-state index is 13.1. The summed E-state index contributed by atoms with van der Waals surface area (Å²) in [5.41, 5.74) is 3.77. The van der Waals surface area contributed by atoms with Crippen LogP contribution in [0, 0.1) is 11.8 Å². The van der Waals surface area contributed by atoms with Gasteiger partial charge in [-0.15, -0.1) is 0 Å². The fourth-order valence-electron chi connectivity index (χ4n) is 4.96. The fourth-order valence-corrected chi connectivity index (χ4v) is 4.96. The zero-order valence-electron chi connectivity index (χ0n) is 20.2. The number of halogens is 3. The molecule has 2 heterocycles. The number of hydrazine groups is 1. The number of carbonyl (C=O) groups excluding carboxylic acids is 1. The van der Waals surface area contributed by atoms with E-state index >= 15 is 0 Å². The smallest absolute Gasteiger partial charge is 0.389 e. The number of hydrogen-bond acceptors (Lipinski definition) is 6. The van der Waals surface area contributed by atoms with Gasteiger partial charge in [-0.2, -0.15) is 18.3 Å². The third kappa shape index (κ3) is 7.65. The highest BCUT2D eigenvalue weighted by Crippen LogP contribution is 2.32. The molecule has 196 valence electrons. The number of nitrogens with zero attached hydrogens (tertiary/aromatic N) is 2. The summed E-state index contributed by atoms with van der Waals surface area (Å²) in [6.45, 7) is 3.98. The van der Waals surface area contributed by atoms with Gasteiger partial charge in [-0.1, -0.05) is 19.4 Å². The molecule has 0 spiro atoms. The summed E-state index contributed by atoms with van der Waals surface area (Å²) in [5.74, 6) is 12.4. The molecule has 3 unspecified atom stereocenters. The average Bonchev–Trinajstić information content (AvgIpc) is 3.31. The van der Waals surface area contributed by atoms with E-state index in [1.807, 2.05) is 18.2 Å². The number of hydrazone groups is 1. The first kappa shape index (κ1) is 26.9. The van der Waals surface area contributed by atoms with Crippen molar-refractivity contribution in [3.8, 4) is 0 Å². The van der Waals surface area contributed by atoms with Gasteiger partial charge < -0.3 is 26.2 Å². The molecule has 8 nitrogen and oxygen atoms in total. The first-order chi connectivity index (χ1) is 16.7. The van der Waals surface area contributed by atoms with Gasteiger partial charge in [-0.3, -0.25) is 4.79 Å². The van der Waals surface area contributed by atoms with E-state index in [-0.39, 0.29) is 36.7 Å². The summed E-state index contributed by atoms with van der Waals surface area (Å²) < 4.78 is 42.5.